The van der Waals surface area contributed by atoms with Crippen LogP contribution in [0.3, 0.4) is 0 Å². The van der Waals surface area contributed by atoms with Gasteiger partial charge in [-0.1, -0.05) is 46.9 Å². The molecule has 0 aliphatic rings. The van der Waals surface area contributed by atoms with Crippen molar-refractivity contribution in [2.24, 2.45) is 0 Å². The predicted octanol–water partition coefficient (Wildman–Crippen LogP) is 3.46. The average molecular weight is 248 g/mol. The minimum atomic E-state index is -1.52. The smallest absolute Gasteiger partial charge is 0.234 e. The van der Waals surface area contributed by atoms with Gasteiger partial charge in [0, 0.05) is 0 Å². The van der Waals surface area contributed by atoms with Gasteiger partial charge in [-0.2, -0.15) is 0 Å². The lowest BCUT2D eigenvalue weighted by Crippen LogP contribution is -2.04. The molecule has 0 spiro atoms. The summed E-state index contributed by atoms with van der Waals surface area (Å²) in [5.41, 5.74) is 1.84. The Labute approximate surface area is 95.8 Å². The number of alkyl halides is 3. The van der Waals surface area contributed by atoms with E-state index in [1.54, 1.807) is 0 Å². The van der Waals surface area contributed by atoms with Gasteiger partial charge in [-0.3, -0.25) is 4.98 Å². The van der Waals surface area contributed by atoms with E-state index >= 15 is 0 Å². The van der Waals surface area contributed by atoms with Crippen LogP contribution in [0.15, 0.2) is 30.5 Å². The highest BCUT2D eigenvalue weighted by molar-refractivity contribution is 6.66. The standard InChI is InChI=1S/C9H5Cl3N2/c10-9(11,12)8-5-13-6-3-1-2-4-7(6)14-8/h1-5H. The van der Waals surface area contributed by atoms with E-state index in [9.17, 15) is 0 Å². The van der Waals surface area contributed by atoms with Gasteiger partial charge in [-0.05, 0) is 12.1 Å². The Morgan fingerprint density at radius 3 is 2.29 bits per heavy atom. The quantitative estimate of drug-likeness (QED) is 0.666. The maximum absolute atomic E-state index is 5.69. The van der Waals surface area contributed by atoms with Gasteiger partial charge in [0.15, 0.2) is 0 Å². The third-order valence-corrected chi connectivity index (χ3v) is 2.32. The van der Waals surface area contributed by atoms with Crippen molar-refractivity contribution in [2.75, 3.05) is 0 Å². The van der Waals surface area contributed by atoms with Crippen LogP contribution in [0.1, 0.15) is 5.69 Å². The number of para-hydroxylation sites is 2. The molecule has 0 bridgehead atoms. The van der Waals surface area contributed by atoms with Gasteiger partial charge in [0.25, 0.3) is 0 Å². The number of fused-ring (bicyclic) bond motifs is 1. The Morgan fingerprint density at radius 2 is 1.64 bits per heavy atom. The monoisotopic (exact) mass is 246 g/mol. The molecule has 0 saturated heterocycles. The summed E-state index contributed by atoms with van der Waals surface area (Å²) >= 11 is 17.1. The van der Waals surface area contributed by atoms with E-state index in [4.69, 9.17) is 34.8 Å². The zero-order valence-electron chi connectivity index (χ0n) is 6.92. The van der Waals surface area contributed by atoms with Gasteiger partial charge in [0.1, 0.15) is 5.69 Å². The molecule has 0 radical (unpaired) electrons. The molecule has 2 nitrogen and oxygen atoms in total. The Kier molecular flexibility index (Phi) is 2.52. The second-order valence-corrected chi connectivity index (χ2v) is 5.02. The summed E-state index contributed by atoms with van der Waals surface area (Å²) in [6.07, 6.45) is 1.47. The van der Waals surface area contributed by atoms with Crippen LogP contribution < -0.4 is 0 Å². The van der Waals surface area contributed by atoms with Gasteiger partial charge in [-0.15, -0.1) is 0 Å². The van der Waals surface area contributed by atoms with Crippen LogP contribution in [0.25, 0.3) is 11.0 Å². The molecule has 72 valence electrons. The van der Waals surface area contributed by atoms with E-state index in [1.807, 2.05) is 24.3 Å². The summed E-state index contributed by atoms with van der Waals surface area (Å²) in [5.74, 6) is 0. The molecule has 1 aromatic heterocycles. The van der Waals surface area contributed by atoms with E-state index < -0.39 is 3.79 Å². The maximum Gasteiger partial charge on any atom is 0.234 e. The fourth-order valence-corrected chi connectivity index (χ4v) is 1.37. The number of aromatic nitrogens is 2. The van der Waals surface area contributed by atoms with E-state index in [0.29, 0.717) is 5.69 Å². The highest BCUT2D eigenvalue weighted by atomic mass is 35.6. The Hall–Kier alpha value is -0.570. The van der Waals surface area contributed by atoms with Crippen LogP contribution in [0, 0.1) is 0 Å². The van der Waals surface area contributed by atoms with Gasteiger partial charge in [-0.25, -0.2) is 4.98 Å². The lowest BCUT2D eigenvalue weighted by molar-refractivity contribution is 1.08. The van der Waals surface area contributed by atoms with Crippen LogP contribution in [-0.4, -0.2) is 9.97 Å². The summed E-state index contributed by atoms with van der Waals surface area (Å²) in [6.45, 7) is 0. The second kappa shape index (κ2) is 3.54. The molecule has 0 amide bonds. The molecule has 0 fully saturated rings. The molecule has 0 aliphatic carbocycles. The van der Waals surface area contributed by atoms with Crippen LogP contribution in [-0.2, 0) is 3.79 Å². The lowest BCUT2D eigenvalue weighted by Gasteiger charge is -2.09. The summed E-state index contributed by atoms with van der Waals surface area (Å²) in [7, 11) is 0. The van der Waals surface area contributed by atoms with Crippen LogP contribution in [0.5, 0.6) is 0 Å². The Morgan fingerprint density at radius 1 is 1.00 bits per heavy atom. The van der Waals surface area contributed by atoms with Gasteiger partial charge in [0.05, 0.1) is 17.2 Å². The number of hydrogen-bond donors (Lipinski definition) is 0. The zero-order chi connectivity index (χ0) is 10.2. The first-order valence-corrected chi connectivity index (χ1v) is 5.00. The van der Waals surface area contributed by atoms with Gasteiger partial charge in [0.2, 0.25) is 3.79 Å². The fraction of sp³-hybridized carbons (Fsp3) is 0.111. The highest BCUT2D eigenvalue weighted by Gasteiger charge is 2.25. The molecule has 0 aliphatic heterocycles. The molecular weight excluding hydrogens is 242 g/mol. The molecule has 5 heteroatoms. The number of halogens is 3. The largest absolute Gasteiger partial charge is 0.253 e. The molecule has 0 N–H and O–H groups in total. The maximum atomic E-state index is 5.69. The topological polar surface area (TPSA) is 25.8 Å². The first-order chi connectivity index (χ1) is 6.57. The van der Waals surface area contributed by atoms with E-state index in [0.717, 1.165) is 11.0 Å². The number of nitrogens with zero attached hydrogens (tertiary/aromatic N) is 2. The van der Waals surface area contributed by atoms with Crippen molar-refractivity contribution >= 4 is 45.8 Å². The Bertz CT molecular complexity index is 465. The van der Waals surface area contributed by atoms with Crippen LogP contribution >= 0.6 is 34.8 Å². The second-order valence-electron chi connectivity index (χ2n) is 2.74. The highest BCUT2D eigenvalue weighted by Crippen LogP contribution is 2.36. The van der Waals surface area contributed by atoms with Crippen molar-refractivity contribution in [1.29, 1.82) is 0 Å². The minimum absolute atomic E-state index is 0.334. The van der Waals surface area contributed by atoms with Crippen molar-refractivity contribution in [2.45, 2.75) is 3.79 Å². The zero-order valence-corrected chi connectivity index (χ0v) is 9.18. The number of benzene rings is 1. The molecule has 0 unspecified atom stereocenters. The number of hydrogen-bond acceptors (Lipinski definition) is 2. The normalized spacial score (nSPS) is 11.9. The van der Waals surface area contributed by atoms with Crippen molar-refractivity contribution in [3.63, 3.8) is 0 Å². The molecule has 2 rings (SSSR count). The lowest BCUT2D eigenvalue weighted by atomic mass is 10.3. The molecule has 1 heterocycles. The molecule has 0 atom stereocenters. The van der Waals surface area contributed by atoms with Crippen LogP contribution in [0.4, 0.5) is 0 Å². The summed E-state index contributed by atoms with van der Waals surface area (Å²) < 4.78 is -1.52. The van der Waals surface area contributed by atoms with Crippen molar-refractivity contribution in [3.8, 4) is 0 Å². The van der Waals surface area contributed by atoms with Gasteiger partial charge < -0.3 is 0 Å². The van der Waals surface area contributed by atoms with E-state index in [1.165, 1.54) is 6.20 Å². The van der Waals surface area contributed by atoms with Crippen molar-refractivity contribution in [1.82, 2.24) is 9.97 Å². The number of rotatable bonds is 0. The van der Waals surface area contributed by atoms with Crippen molar-refractivity contribution < 1.29 is 0 Å². The van der Waals surface area contributed by atoms with E-state index in [-0.39, 0.29) is 0 Å². The fourth-order valence-electron chi connectivity index (χ4n) is 1.09. The first kappa shape index (κ1) is 9.97. The van der Waals surface area contributed by atoms with Crippen LogP contribution in [0.2, 0.25) is 0 Å². The summed E-state index contributed by atoms with van der Waals surface area (Å²) in [5, 5.41) is 0. The third kappa shape index (κ3) is 1.92. The average Bonchev–Trinajstić information content (AvgIpc) is 2.16. The Balaban J connectivity index is 2.63. The molecular formula is C9H5Cl3N2. The first-order valence-electron chi connectivity index (χ1n) is 3.86. The molecule has 1 aromatic carbocycles. The summed E-state index contributed by atoms with van der Waals surface area (Å²) in [4.78, 5) is 8.32. The minimum Gasteiger partial charge on any atom is -0.253 e. The molecule has 0 saturated carbocycles. The molecule has 2 aromatic rings. The van der Waals surface area contributed by atoms with E-state index in [2.05, 4.69) is 9.97 Å². The third-order valence-electron chi connectivity index (χ3n) is 1.74. The van der Waals surface area contributed by atoms with Gasteiger partial charge >= 0.3 is 0 Å². The predicted molar refractivity (Wildman–Crippen MR) is 58.8 cm³/mol. The summed E-state index contributed by atoms with van der Waals surface area (Å²) in [6, 6.07) is 7.41. The molecule has 14 heavy (non-hydrogen) atoms. The van der Waals surface area contributed by atoms with Crippen molar-refractivity contribution in [3.05, 3.63) is 36.2 Å². The SMILES string of the molecule is ClC(Cl)(Cl)c1cnc2ccccc2n1.